The number of nitrogens with zero attached hydrogens (tertiary/aromatic N) is 2. The van der Waals surface area contributed by atoms with Crippen LogP contribution in [-0.2, 0) is 6.61 Å². The molecule has 3 nitrogen and oxygen atoms in total. The van der Waals surface area contributed by atoms with Crippen LogP contribution >= 0.6 is 0 Å². The van der Waals surface area contributed by atoms with Crippen LogP contribution in [0, 0.1) is 6.92 Å². The van der Waals surface area contributed by atoms with E-state index in [0.717, 1.165) is 28.2 Å². The molecule has 3 heteroatoms. The van der Waals surface area contributed by atoms with Crippen molar-refractivity contribution < 1.29 is 5.11 Å². The Morgan fingerprint density at radius 3 is 2.48 bits per heavy atom. The van der Waals surface area contributed by atoms with Gasteiger partial charge in [0.2, 0.25) is 0 Å². The average molecular weight is 280 g/mol. The van der Waals surface area contributed by atoms with Gasteiger partial charge >= 0.3 is 0 Å². The minimum atomic E-state index is -0.0219. The van der Waals surface area contributed by atoms with Crippen LogP contribution in [0.25, 0.3) is 16.9 Å². The molecule has 21 heavy (non-hydrogen) atoms. The summed E-state index contributed by atoms with van der Waals surface area (Å²) < 4.78 is 1.97. The molecule has 3 aromatic rings. The van der Waals surface area contributed by atoms with Gasteiger partial charge in [-0.15, -0.1) is 0 Å². The van der Waals surface area contributed by atoms with Gasteiger partial charge in [-0.25, -0.2) is 4.98 Å². The summed E-state index contributed by atoms with van der Waals surface area (Å²) in [5.74, 6) is 0.514. The number of aromatic nitrogens is 2. The van der Waals surface area contributed by atoms with Gasteiger partial charge in [0, 0.05) is 11.8 Å². The zero-order valence-electron chi connectivity index (χ0n) is 12.7. The minimum Gasteiger partial charge on any atom is -0.390 e. The number of imidazole rings is 1. The van der Waals surface area contributed by atoms with E-state index in [2.05, 4.69) is 38.1 Å². The standard InChI is InChI=1S/C18H20N2O/c1-12(2)14-6-8-15(9-7-14)17-16(11-21)20-10-4-5-13(3)18(20)19-17/h4-10,12,21H,11H2,1-3H3. The minimum absolute atomic E-state index is 0.0219. The lowest BCUT2D eigenvalue weighted by Gasteiger charge is -2.06. The zero-order valence-corrected chi connectivity index (χ0v) is 12.7. The molecule has 0 radical (unpaired) electrons. The van der Waals surface area contributed by atoms with E-state index in [9.17, 15) is 5.11 Å². The molecule has 0 aliphatic carbocycles. The van der Waals surface area contributed by atoms with Gasteiger partial charge in [-0.1, -0.05) is 44.2 Å². The smallest absolute Gasteiger partial charge is 0.140 e. The third-order valence-corrected chi connectivity index (χ3v) is 3.94. The van der Waals surface area contributed by atoms with Crippen LogP contribution in [0.3, 0.4) is 0 Å². The first kappa shape index (κ1) is 13.8. The highest BCUT2D eigenvalue weighted by atomic mass is 16.3. The number of hydrogen-bond donors (Lipinski definition) is 1. The van der Waals surface area contributed by atoms with Crippen molar-refractivity contribution in [2.24, 2.45) is 0 Å². The number of pyridine rings is 1. The van der Waals surface area contributed by atoms with Crippen LogP contribution in [0.1, 0.15) is 36.6 Å². The predicted octanol–water partition coefficient (Wildman–Crippen LogP) is 3.93. The highest BCUT2D eigenvalue weighted by Gasteiger charge is 2.14. The average Bonchev–Trinajstić information content (AvgIpc) is 2.87. The predicted molar refractivity (Wildman–Crippen MR) is 85.4 cm³/mol. The van der Waals surface area contributed by atoms with Crippen LogP contribution in [0.4, 0.5) is 0 Å². The van der Waals surface area contributed by atoms with E-state index in [1.807, 2.05) is 29.7 Å². The van der Waals surface area contributed by atoms with Crippen LogP contribution in [0.5, 0.6) is 0 Å². The molecule has 1 aromatic carbocycles. The SMILES string of the molecule is Cc1cccn2c(CO)c(-c3ccc(C(C)C)cc3)nc12. The summed E-state index contributed by atoms with van der Waals surface area (Å²) in [7, 11) is 0. The highest BCUT2D eigenvalue weighted by molar-refractivity contribution is 5.68. The van der Waals surface area contributed by atoms with Gasteiger partial charge < -0.3 is 9.51 Å². The normalized spacial score (nSPS) is 11.5. The van der Waals surface area contributed by atoms with Gasteiger partial charge in [0.15, 0.2) is 0 Å². The van der Waals surface area contributed by atoms with E-state index < -0.39 is 0 Å². The van der Waals surface area contributed by atoms with E-state index in [1.54, 1.807) is 0 Å². The van der Waals surface area contributed by atoms with E-state index in [-0.39, 0.29) is 6.61 Å². The van der Waals surface area contributed by atoms with Gasteiger partial charge in [-0.05, 0) is 30.0 Å². The largest absolute Gasteiger partial charge is 0.390 e. The topological polar surface area (TPSA) is 37.5 Å². The van der Waals surface area contributed by atoms with Crippen molar-refractivity contribution in [3.63, 3.8) is 0 Å². The summed E-state index contributed by atoms with van der Waals surface area (Å²) in [5, 5.41) is 9.74. The molecule has 3 rings (SSSR count). The second kappa shape index (κ2) is 5.34. The number of benzene rings is 1. The first-order valence-electron chi connectivity index (χ1n) is 7.29. The lowest BCUT2D eigenvalue weighted by molar-refractivity contribution is 0.276. The second-order valence-corrected chi connectivity index (χ2v) is 5.73. The van der Waals surface area contributed by atoms with Crippen molar-refractivity contribution in [1.29, 1.82) is 0 Å². The first-order chi connectivity index (χ1) is 10.1. The van der Waals surface area contributed by atoms with Crippen molar-refractivity contribution >= 4 is 5.65 Å². The number of fused-ring (bicyclic) bond motifs is 1. The summed E-state index contributed by atoms with van der Waals surface area (Å²) in [4.78, 5) is 4.73. The molecule has 0 saturated carbocycles. The van der Waals surface area contributed by atoms with Crippen LogP contribution in [0.2, 0.25) is 0 Å². The summed E-state index contributed by atoms with van der Waals surface area (Å²) in [6.07, 6.45) is 1.95. The third-order valence-electron chi connectivity index (χ3n) is 3.94. The molecule has 0 saturated heterocycles. The molecule has 0 spiro atoms. The van der Waals surface area contributed by atoms with Gasteiger partial charge in [-0.3, -0.25) is 0 Å². The lowest BCUT2D eigenvalue weighted by Crippen LogP contribution is -1.94. The maximum atomic E-state index is 9.74. The Labute approximate surface area is 124 Å². The van der Waals surface area contributed by atoms with Gasteiger partial charge in [0.1, 0.15) is 5.65 Å². The fourth-order valence-corrected chi connectivity index (χ4v) is 2.66. The molecular formula is C18H20N2O. The number of rotatable bonds is 3. The van der Waals surface area contributed by atoms with E-state index >= 15 is 0 Å². The monoisotopic (exact) mass is 280 g/mol. The summed E-state index contributed by atoms with van der Waals surface area (Å²) in [6.45, 7) is 6.38. The van der Waals surface area contributed by atoms with Gasteiger partial charge in [0.05, 0.1) is 18.0 Å². The Hall–Kier alpha value is -2.13. The quantitative estimate of drug-likeness (QED) is 0.789. The van der Waals surface area contributed by atoms with Crippen molar-refractivity contribution in [2.45, 2.75) is 33.3 Å². The summed E-state index contributed by atoms with van der Waals surface area (Å²) in [6, 6.07) is 12.5. The third kappa shape index (κ3) is 2.34. The molecule has 2 heterocycles. The number of hydrogen-bond acceptors (Lipinski definition) is 2. The molecule has 2 aromatic heterocycles. The fourth-order valence-electron chi connectivity index (χ4n) is 2.66. The van der Waals surface area contributed by atoms with Gasteiger partial charge in [0.25, 0.3) is 0 Å². The van der Waals surface area contributed by atoms with E-state index in [1.165, 1.54) is 5.56 Å². The highest BCUT2D eigenvalue weighted by Crippen LogP contribution is 2.27. The summed E-state index contributed by atoms with van der Waals surface area (Å²) in [5.41, 5.74) is 6.07. The molecule has 0 bridgehead atoms. The molecule has 0 aliphatic rings. The van der Waals surface area contributed by atoms with Crippen LogP contribution < -0.4 is 0 Å². The fraction of sp³-hybridized carbons (Fsp3) is 0.278. The second-order valence-electron chi connectivity index (χ2n) is 5.73. The Bertz CT molecular complexity index is 770. The molecule has 1 N–H and O–H groups in total. The van der Waals surface area contributed by atoms with Crippen molar-refractivity contribution in [2.75, 3.05) is 0 Å². The first-order valence-corrected chi connectivity index (χ1v) is 7.29. The molecule has 0 unspecified atom stereocenters. The molecule has 0 amide bonds. The molecule has 0 aliphatic heterocycles. The Kier molecular flexibility index (Phi) is 3.52. The Balaban J connectivity index is 2.17. The Morgan fingerprint density at radius 2 is 1.86 bits per heavy atom. The molecule has 0 fully saturated rings. The number of aliphatic hydroxyl groups is 1. The molecule has 108 valence electrons. The van der Waals surface area contributed by atoms with Crippen molar-refractivity contribution in [3.05, 3.63) is 59.4 Å². The molecular weight excluding hydrogens is 260 g/mol. The maximum Gasteiger partial charge on any atom is 0.140 e. The van der Waals surface area contributed by atoms with Crippen molar-refractivity contribution in [1.82, 2.24) is 9.38 Å². The summed E-state index contributed by atoms with van der Waals surface area (Å²) >= 11 is 0. The van der Waals surface area contributed by atoms with Gasteiger partial charge in [-0.2, -0.15) is 0 Å². The molecule has 0 atom stereocenters. The Morgan fingerprint density at radius 1 is 1.14 bits per heavy atom. The maximum absolute atomic E-state index is 9.74. The number of aliphatic hydroxyl groups excluding tert-OH is 1. The van der Waals surface area contributed by atoms with Crippen LogP contribution in [0.15, 0.2) is 42.6 Å². The lowest BCUT2D eigenvalue weighted by atomic mass is 10.0. The zero-order chi connectivity index (χ0) is 15.0. The van der Waals surface area contributed by atoms with E-state index in [4.69, 9.17) is 4.98 Å². The van der Waals surface area contributed by atoms with Crippen LogP contribution in [-0.4, -0.2) is 14.5 Å². The number of aryl methyl sites for hydroxylation is 1. The van der Waals surface area contributed by atoms with E-state index in [0.29, 0.717) is 5.92 Å². The van der Waals surface area contributed by atoms with Crippen molar-refractivity contribution in [3.8, 4) is 11.3 Å².